The Balaban J connectivity index is 4.47. The molecule has 0 bridgehead atoms. The molecule has 0 saturated heterocycles. The van der Waals surface area contributed by atoms with Crippen LogP contribution in [0.4, 0.5) is 0 Å². The Morgan fingerprint density at radius 3 is 0.844 bits per heavy atom. The Kier molecular flexibility index (Phi) is 60.8. The standard InChI is InChI=1S/C71H118O6/c1-4-7-10-13-16-19-22-25-28-30-32-34-35-37-38-40-43-46-49-52-55-58-61-64-70(73)76-67-68(66-75-69(72)63-60-57-54-51-48-45-42-27-24-21-18-15-12-9-6-3)77-71(74)65-62-59-56-53-50-47-44-41-39-36-33-31-29-26-23-20-17-14-11-8-5-2/h7,9-10,12,16,18-19,21,25,27-28,32,34,37-38,42-43,46,52,55,68H,4-6,8,11,13-15,17,20,22-24,26,29-31,33,35-36,39-41,44-45,47-51,53-54,56-67H2,1-3H3/b10-7-,12-9-,19-16-,21-18-,28-25-,34-32-,38-37-,42-27-,46-43-,55-52-. The molecule has 0 aliphatic carbocycles. The van der Waals surface area contributed by atoms with Crippen LogP contribution in [0.15, 0.2) is 122 Å². The second-order valence-corrected chi connectivity index (χ2v) is 20.9. The van der Waals surface area contributed by atoms with Crippen molar-refractivity contribution in [3.05, 3.63) is 122 Å². The van der Waals surface area contributed by atoms with Crippen LogP contribution in [0, 0.1) is 0 Å². The summed E-state index contributed by atoms with van der Waals surface area (Å²) in [5, 5.41) is 0. The molecule has 438 valence electrons. The van der Waals surface area contributed by atoms with Gasteiger partial charge in [-0.3, -0.25) is 14.4 Å². The molecule has 0 radical (unpaired) electrons. The molecular formula is C71H118O6. The minimum Gasteiger partial charge on any atom is -0.462 e. The molecule has 0 spiro atoms. The van der Waals surface area contributed by atoms with Crippen LogP contribution in [-0.4, -0.2) is 37.2 Å². The largest absolute Gasteiger partial charge is 0.462 e. The first-order valence-corrected chi connectivity index (χ1v) is 32.0. The van der Waals surface area contributed by atoms with Crippen molar-refractivity contribution in [3.8, 4) is 0 Å². The van der Waals surface area contributed by atoms with Crippen LogP contribution in [0.25, 0.3) is 0 Å². The molecule has 1 unspecified atom stereocenters. The van der Waals surface area contributed by atoms with Crippen molar-refractivity contribution in [2.75, 3.05) is 13.2 Å². The Morgan fingerprint density at radius 1 is 0.273 bits per heavy atom. The molecule has 0 N–H and O–H groups in total. The normalized spacial score (nSPS) is 12.9. The van der Waals surface area contributed by atoms with Crippen molar-refractivity contribution in [2.24, 2.45) is 0 Å². The third-order valence-electron chi connectivity index (χ3n) is 13.5. The first-order valence-electron chi connectivity index (χ1n) is 32.0. The summed E-state index contributed by atoms with van der Waals surface area (Å²) in [6.07, 6.45) is 89.3. The van der Waals surface area contributed by atoms with Gasteiger partial charge in [-0.25, -0.2) is 0 Å². The zero-order valence-electron chi connectivity index (χ0n) is 50.2. The fourth-order valence-corrected chi connectivity index (χ4v) is 8.74. The molecule has 0 aliphatic heterocycles. The SMILES string of the molecule is CC/C=C\C/C=C\C/C=C\C/C=C\C/C=C\C/C=C\C/C=C\CCCC(=O)OCC(COC(=O)CCCCCCC/C=C\C/C=C\C/C=C\CC)OC(=O)CCCCCCCCCCCCCCCCCCCCCCC. The van der Waals surface area contributed by atoms with E-state index in [1.165, 1.54) is 116 Å². The average Bonchev–Trinajstić information content (AvgIpc) is 3.43. The monoisotopic (exact) mass is 1070 g/mol. The van der Waals surface area contributed by atoms with Gasteiger partial charge in [0.25, 0.3) is 0 Å². The van der Waals surface area contributed by atoms with E-state index in [4.69, 9.17) is 14.2 Å². The molecule has 0 fully saturated rings. The lowest BCUT2D eigenvalue weighted by Crippen LogP contribution is -2.30. The molecule has 0 heterocycles. The molecule has 0 aliphatic rings. The van der Waals surface area contributed by atoms with Gasteiger partial charge in [0.2, 0.25) is 0 Å². The van der Waals surface area contributed by atoms with Gasteiger partial charge < -0.3 is 14.2 Å². The van der Waals surface area contributed by atoms with E-state index in [1.807, 2.05) is 0 Å². The van der Waals surface area contributed by atoms with E-state index in [-0.39, 0.29) is 37.5 Å². The van der Waals surface area contributed by atoms with Crippen LogP contribution in [0.2, 0.25) is 0 Å². The van der Waals surface area contributed by atoms with Gasteiger partial charge in [0.05, 0.1) is 0 Å². The van der Waals surface area contributed by atoms with Gasteiger partial charge in [-0.2, -0.15) is 0 Å². The topological polar surface area (TPSA) is 78.9 Å². The maximum Gasteiger partial charge on any atom is 0.306 e. The highest BCUT2D eigenvalue weighted by atomic mass is 16.6. The van der Waals surface area contributed by atoms with E-state index in [1.54, 1.807) is 0 Å². The Bertz CT molecular complexity index is 1600. The molecule has 0 amide bonds. The fraction of sp³-hybridized carbons (Fsp3) is 0.676. The molecule has 0 aromatic rings. The van der Waals surface area contributed by atoms with Crippen molar-refractivity contribution in [1.29, 1.82) is 0 Å². The lowest BCUT2D eigenvalue weighted by atomic mass is 10.0. The molecule has 0 aromatic heterocycles. The summed E-state index contributed by atoms with van der Waals surface area (Å²) in [5.41, 5.74) is 0. The lowest BCUT2D eigenvalue weighted by molar-refractivity contribution is -0.167. The number of carbonyl (C=O) groups is 3. The molecule has 1 atom stereocenters. The maximum absolute atomic E-state index is 12.9. The summed E-state index contributed by atoms with van der Waals surface area (Å²) in [6.45, 7) is 6.38. The van der Waals surface area contributed by atoms with Crippen molar-refractivity contribution in [2.45, 2.75) is 297 Å². The first-order chi connectivity index (χ1) is 38.0. The average molecular weight is 1070 g/mol. The molecule has 6 heteroatoms. The third kappa shape index (κ3) is 62.5. The summed E-state index contributed by atoms with van der Waals surface area (Å²) in [7, 11) is 0. The highest BCUT2D eigenvalue weighted by Gasteiger charge is 2.19. The number of carbonyl (C=O) groups excluding carboxylic acids is 3. The first kappa shape index (κ1) is 72.8. The van der Waals surface area contributed by atoms with E-state index in [9.17, 15) is 14.4 Å². The highest BCUT2D eigenvalue weighted by Crippen LogP contribution is 2.16. The van der Waals surface area contributed by atoms with Gasteiger partial charge in [-0.05, 0) is 103 Å². The minimum absolute atomic E-state index is 0.106. The quantitative estimate of drug-likeness (QED) is 0.0261. The van der Waals surface area contributed by atoms with Crippen LogP contribution in [-0.2, 0) is 28.6 Å². The molecule has 0 saturated carbocycles. The molecular weight excluding hydrogens is 949 g/mol. The van der Waals surface area contributed by atoms with Crippen LogP contribution < -0.4 is 0 Å². The maximum atomic E-state index is 12.9. The number of unbranched alkanes of at least 4 members (excludes halogenated alkanes) is 26. The summed E-state index contributed by atoms with van der Waals surface area (Å²) in [5.74, 6) is -0.975. The lowest BCUT2D eigenvalue weighted by Gasteiger charge is -2.18. The molecule has 0 rings (SSSR count). The van der Waals surface area contributed by atoms with E-state index in [2.05, 4.69) is 142 Å². The van der Waals surface area contributed by atoms with E-state index in [0.717, 1.165) is 128 Å². The predicted octanol–water partition coefficient (Wildman–Crippen LogP) is 22.0. The molecule has 6 nitrogen and oxygen atoms in total. The molecule has 77 heavy (non-hydrogen) atoms. The van der Waals surface area contributed by atoms with Gasteiger partial charge in [0.15, 0.2) is 6.10 Å². The predicted molar refractivity (Wildman–Crippen MR) is 334 cm³/mol. The van der Waals surface area contributed by atoms with Gasteiger partial charge in [0, 0.05) is 19.3 Å². The van der Waals surface area contributed by atoms with E-state index >= 15 is 0 Å². The second kappa shape index (κ2) is 64.3. The molecule has 0 aromatic carbocycles. The summed E-state index contributed by atoms with van der Waals surface area (Å²) < 4.78 is 16.9. The zero-order valence-corrected chi connectivity index (χ0v) is 50.2. The summed E-state index contributed by atoms with van der Waals surface area (Å²) in [6, 6.07) is 0. The van der Waals surface area contributed by atoms with Crippen LogP contribution in [0.1, 0.15) is 290 Å². The van der Waals surface area contributed by atoms with Gasteiger partial charge >= 0.3 is 17.9 Å². The fourth-order valence-electron chi connectivity index (χ4n) is 8.74. The second-order valence-electron chi connectivity index (χ2n) is 20.9. The smallest absolute Gasteiger partial charge is 0.306 e. The third-order valence-corrected chi connectivity index (χ3v) is 13.5. The van der Waals surface area contributed by atoms with Gasteiger partial charge in [-0.15, -0.1) is 0 Å². The summed E-state index contributed by atoms with van der Waals surface area (Å²) >= 11 is 0. The van der Waals surface area contributed by atoms with Crippen molar-refractivity contribution in [1.82, 2.24) is 0 Å². The van der Waals surface area contributed by atoms with Gasteiger partial charge in [0.1, 0.15) is 13.2 Å². The van der Waals surface area contributed by atoms with Crippen LogP contribution in [0.5, 0.6) is 0 Å². The van der Waals surface area contributed by atoms with Crippen molar-refractivity contribution in [3.63, 3.8) is 0 Å². The van der Waals surface area contributed by atoms with Crippen LogP contribution >= 0.6 is 0 Å². The zero-order chi connectivity index (χ0) is 55.7. The Morgan fingerprint density at radius 2 is 0.519 bits per heavy atom. The van der Waals surface area contributed by atoms with E-state index < -0.39 is 6.10 Å². The number of esters is 3. The van der Waals surface area contributed by atoms with Gasteiger partial charge in [-0.1, -0.05) is 290 Å². The number of ether oxygens (including phenoxy) is 3. The number of hydrogen-bond donors (Lipinski definition) is 0. The van der Waals surface area contributed by atoms with E-state index in [0.29, 0.717) is 19.3 Å². The number of hydrogen-bond acceptors (Lipinski definition) is 6. The number of rotatable bonds is 57. The Hall–Kier alpha value is -4.19. The van der Waals surface area contributed by atoms with Crippen molar-refractivity contribution >= 4 is 17.9 Å². The Labute approximate surface area is 475 Å². The highest BCUT2D eigenvalue weighted by molar-refractivity contribution is 5.71. The van der Waals surface area contributed by atoms with Crippen molar-refractivity contribution < 1.29 is 28.6 Å². The summed E-state index contributed by atoms with van der Waals surface area (Å²) in [4.78, 5) is 38.3. The minimum atomic E-state index is -0.812. The van der Waals surface area contributed by atoms with Crippen LogP contribution in [0.3, 0.4) is 0 Å². The number of allylic oxidation sites excluding steroid dienone is 20.